The van der Waals surface area contributed by atoms with Gasteiger partial charge in [-0.3, -0.25) is 9.59 Å². The molecular weight excluding hydrogens is 180 g/mol. The third kappa shape index (κ3) is 0.928. The van der Waals surface area contributed by atoms with Crippen LogP contribution >= 0.6 is 0 Å². The van der Waals surface area contributed by atoms with Gasteiger partial charge in [-0.25, -0.2) is 0 Å². The Hall–Kier alpha value is -0.860. The number of hydrogen-bond donors (Lipinski definition) is 0. The Bertz CT molecular complexity index is 268. The van der Waals surface area contributed by atoms with Gasteiger partial charge in [-0.2, -0.15) is 0 Å². The summed E-state index contributed by atoms with van der Waals surface area (Å²) in [5.41, 5.74) is -0.720. The van der Waals surface area contributed by atoms with Crippen molar-refractivity contribution in [2.45, 2.75) is 32.6 Å². The molecule has 3 nitrogen and oxygen atoms in total. The highest BCUT2D eigenvalue weighted by atomic mass is 16.5. The number of ketones is 1. The minimum absolute atomic E-state index is 0.118. The lowest BCUT2D eigenvalue weighted by molar-refractivity contribution is -0.153. The van der Waals surface area contributed by atoms with Gasteiger partial charge in [-0.15, -0.1) is 0 Å². The lowest BCUT2D eigenvalue weighted by atomic mass is 9.86. The molecule has 78 valence electrons. The molecule has 2 fully saturated rings. The number of carbonyl (C=O) groups is 2. The molecule has 0 saturated heterocycles. The van der Waals surface area contributed by atoms with E-state index in [9.17, 15) is 9.59 Å². The standard InChI is InChI=1S/C11H16O3/c1-3-7-8-5-4-6-9(12)11(7,8)10(13)14-2/h7-8H,3-6H2,1-2H3/t7-,8-,11-/m1/s1. The van der Waals surface area contributed by atoms with Crippen molar-refractivity contribution in [2.24, 2.45) is 17.3 Å². The lowest BCUT2D eigenvalue weighted by Crippen LogP contribution is -2.32. The van der Waals surface area contributed by atoms with Gasteiger partial charge in [0.25, 0.3) is 0 Å². The molecule has 2 aliphatic rings. The first-order valence-electron chi connectivity index (χ1n) is 5.31. The highest BCUT2D eigenvalue weighted by Gasteiger charge is 2.73. The number of fused-ring (bicyclic) bond motifs is 1. The zero-order chi connectivity index (χ0) is 10.3. The fourth-order valence-electron chi connectivity index (χ4n) is 3.26. The Kier molecular flexibility index (Phi) is 2.13. The van der Waals surface area contributed by atoms with Crippen LogP contribution in [0, 0.1) is 17.3 Å². The predicted molar refractivity (Wildman–Crippen MR) is 50.6 cm³/mol. The second kappa shape index (κ2) is 3.07. The molecule has 0 amide bonds. The SMILES string of the molecule is CC[C@@H]1[C@H]2CCCC(=O)[C@@]12C(=O)OC. The first kappa shape index (κ1) is 9.69. The van der Waals surface area contributed by atoms with Crippen molar-refractivity contribution in [3.05, 3.63) is 0 Å². The molecular formula is C11H16O3. The van der Waals surface area contributed by atoms with E-state index in [0.717, 1.165) is 19.3 Å². The summed E-state index contributed by atoms with van der Waals surface area (Å²) in [6.07, 6.45) is 3.42. The largest absolute Gasteiger partial charge is 0.468 e. The van der Waals surface area contributed by atoms with Crippen molar-refractivity contribution < 1.29 is 14.3 Å². The van der Waals surface area contributed by atoms with Crippen LogP contribution in [0.1, 0.15) is 32.6 Å². The zero-order valence-electron chi connectivity index (χ0n) is 8.71. The Morgan fingerprint density at radius 1 is 1.64 bits per heavy atom. The molecule has 0 unspecified atom stereocenters. The van der Waals surface area contributed by atoms with Crippen LogP contribution < -0.4 is 0 Å². The van der Waals surface area contributed by atoms with Crippen molar-refractivity contribution in [3.8, 4) is 0 Å². The summed E-state index contributed by atoms with van der Waals surface area (Å²) in [6.45, 7) is 2.04. The number of ether oxygens (including phenoxy) is 1. The Morgan fingerprint density at radius 2 is 2.36 bits per heavy atom. The molecule has 0 aromatic carbocycles. The number of carbonyl (C=O) groups excluding carboxylic acids is 2. The third-order valence-corrected chi connectivity index (χ3v) is 3.89. The van der Waals surface area contributed by atoms with Gasteiger partial charge < -0.3 is 4.74 Å². The van der Waals surface area contributed by atoms with Crippen LogP contribution in [-0.2, 0) is 14.3 Å². The smallest absolute Gasteiger partial charge is 0.319 e. The maximum Gasteiger partial charge on any atom is 0.319 e. The molecule has 14 heavy (non-hydrogen) atoms. The summed E-state index contributed by atoms with van der Waals surface area (Å²) in [4.78, 5) is 23.5. The van der Waals surface area contributed by atoms with Gasteiger partial charge in [-0.05, 0) is 24.7 Å². The Morgan fingerprint density at radius 3 is 2.93 bits per heavy atom. The van der Waals surface area contributed by atoms with Crippen LogP contribution in [0.15, 0.2) is 0 Å². The molecule has 0 aromatic heterocycles. The first-order chi connectivity index (χ1) is 6.69. The fourth-order valence-corrected chi connectivity index (χ4v) is 3.26. The van der Waals surface area contributed by atoms with Crippen LogP contribution in [0.4, 0.5) is 0 Å². The number of rotatable bonds is 2. The molecule has 0 heterocycles. The zero-order valence-corrected chi connectivity index (χ0v) is 8.71. The van der Waals surface area contributed by atoms with Crippen LogP contribution in [-0.4, -0.2) is 18.9 Å². The molecule has 0 aromatic rings. The van der Waals surface area contributed by atoms with Crippen LogP contribution in [0.25, 0.3) is 0 Å². The number of hydrogen-bond acceptors (Lipinski definition) is 3. The fraction of sp³-hybridized carbons (Fsp3) is 0.818. The maximum atomic E-state index is 11.8. The summed E-state index contributed by atoms with van der Waals surface area (Å²) < 4.78 is 4.78. The summed E-state index contributed by atoms with van der Waals surface area (Å²) in [6, 6.07) is 0. The monoisotopic (exact) mass is 196 g/mol. The Balaban J connectivity index is 2.29. The lowest BCUT2D eigenvalue weighted by Gasteiger charge is -2.18. The average molecular weight is 196 g/mol. The highest BCUT2D eigenvalue weighted by Crippen LogP contribution is 2.66. The average Bonchev–Trinajstić information content (AvgIpc) is 2.87. The Labute approximate surface area is 83.8 Å². The quantitative estimate of drug-likeness (QED) is 0.497. The van der Waals surface area contributed by atoms with E-state index in [1.165, 1.54) is 7.11 Å². The van der Waals surface area contributed by atoms with E-state index in [1.807, 2.05) is 6.92 Å². The van der Waals surface area contributed by atoms with Crippen LogP contribution in [0.3, 0.4) is 0 Å². The number of esters is 1. The number of methoxy groups -OCH3 is 1. The minimum Gasteiger partial charge on any atom is -0.468 e. The van der Waals surface area contributed by atoms with Crippen molar-refractivity contribution in [1.29, 1.82) is 0 Å². The van der Waals surface area contributed by atoms with E-state index in [0.29, 0.717) is 6.42 Å². The summed E-state index contributed by atoms with van der Waals surface area (Å²) in [5.74, 6) is 0.359. The van der Waals surface area contributed by atoms with Crippen molar-refractivity contribution >= 4 is 11.8 Å². The molecule has 2 rings (SSSR count). The predicted octanol–water partition coefficient (Wildman–Crippen LogP) is 1.55. The third-order valence-electron chi connectivity index (χ3n) is 3.89. The van der Waals surface area contributed by atoms with Crippen molar-refractivity contribution in [1.82, 2.24) is 0 Å². The molecule has 2 saturated carbocycles. The van der Waals surface area contributed by atoms with Gasteiger partial charge in [0, 0.05) is 6.42 Å². The van der Waals surface area contributed by atoms with E-state index >= 15 is 0 Å². The van der Waals surface area contributed by atoms with E-state index in [2.05, 4.69) is 0 Å². The molecule has 0 radical (unpaired) electrons. The second-order valence-electron chi connectivity index (χ2n) is 4.30. The molecule has 0 spiro atoms. The van der Waals surface area contributed by atoms with E-state index in [-0.39, 0.29) is 23.6 Å². The molecule has 0 N–H and O–H groups in total. The molecule has 0 bridgehead atoms. The van der Waals surface area contributed by atoms with E-state index in [4.69, 9.17) is 4.74 Å². The molecule has 3 heteroatoms. The maximum absolute atomic E-state index is 11.8. The number of Topliss-reactive ketones (excluding diaryl/α,β-unsaturated/α-hetero) is 1. The summed E-state index contributed by atoms with van der Waals surface area (Å²) in [5, 5.41) is 0. The highest BCUT2D eigenvalue weighted by molar-refractivity contribution is 6.08. The van der Waals surface area contributed by atoms with Gasteiger partial charge in [0.05, 0.1) is 7.11 Å². The molecule has 3 atom stereocenters. The van der Waals surface area contributed by atoms with E-state index < -0.39 is 5.41 Å². The molecule has 0 aliphatic heterocycles. The van der Waals surface area contributed by atoms with Gasteiger partial charge >= 0.3 is 5.97 Å². The normalized spacial score (nSPS) is 40.3. The minimum atomic E-state index is -0.720. The first-order valence-corrected chi connectivity index (χ1v) is 5.31. The van der Waals surface area contributed by atoms with Crippen LogP contribution in [0.5, 0.6) is 0 Å². The van der Waals surface area contributed by atoms with Gasteiger partial charge in [-0.1, -0.05) is 13.3 Å². The van der Waals surface area contributed by atoms with Crippen LogP contribution in [0.2, 0.25) is 0 Å². The van der Waals surface area contributed by atoms with Crippen molar-refractivity contribution in [2.75, 3.05) is 7.11 Å². The summed E-state index contributed by atoms with van der Waals surface area (Å²) >= 11 is 0. The summed E-state index contributed by atoms with van der Waals surface area (Å²) in [7, 11) is 1.38. The topological polar surface area (TPSA) is 43.4 Å². The van der Waals surface area contributed by atoms with Gasteiger partial charge in [0.2, 0.25) is 0 Å². The van der Waals surface area contributed by atoms with Gasteiger partial charge in [0.15, 0.2) is 5.78 Å². The van der Waals surface area contributed by atoms with Gasteiger partial charge in [0.1, 0.15) is 5.41 Å². The van der Waals surface area contributed by atoms with Crippen molar-refractivity contribution in [3.63, 3.8) is 0 Å². The second-order valence-corrected chi connectivity index (χ2v) is 4.30. The van der Waals surface area contributed by atoms with E-state index in [1.54, 1.807) is 0 Å². The molecule has 2 aliphatic carbocycles.